The van der Waals surface area contributed by atoms with E-state index in [-0.39, 0.29) is 12.0 Å². The molecule has 0 fully saturated rings. The van der Waals surface area contributed by atoms with Crippen molar-refractivity contribution in [3.8, 4) is 11.5 Å². The number of ether oxygens (including phenoxy) is 2. The summed E-state index contributed by atoms with van der Waals surface area (Å²) in [6.07, 6.45) is 0. The fourth-order valence-electron chi connectivity index (χ4n) is 2.58. The standard InChI is InChI=1S/C20H23BrO3/c1-13-10-15(21)11-14(2)19(13)23-12-18(22)24-17-9-7-6-8-16(17)20(3,4)5/h6-11H,12H2,1-5H3. The second-order valence-electron chi connectivity index (χ2n) is 6.88. The van der Waals surface area contributed by atoms with Gasteiger partial charge in [0.25, 0.3) is 0 Å². The first kappa shape index (κ1) is 18.5. The van der Waals surface area contributed by atoms with E-state index in [0.29, 0.717) is 5.75 Å². The third kappa shape index (κ3) is 4.60. The molecule has 0 aliphatic carbocycles. The lowest BCUT2D eigenvalue weighted by Gasteiger charge is -2.22. The van der Waals surface area contributed by atoms with Gasteiger partial charge in [0.15, 0.2) is 6.61 Å². The SMILES string of the molecule is Cc1cc(Br)cc(C)c1OCC(=O)Oc1ccccc1C(C)(C)C. The summed E-state index contributed by atoms with van der Waals surface area (Å²) in [5, 5.41) is 0. The minimum atomic E-state index is -0.409. The molecule has 0 aliphatic heterocycles. The third-order valence-electron chi connectivity index (χ3n) is 3.68. The van der Waals surface area contributed by atoms with E-state index in [1.165, 1.54) is 0 Å². The van der Waals surface area contributed by atoms with Crippen LogP contribution in [0.5, 0.6) is 11.5 Å². The Bertz CT molecular complexity index is 722. The van der Waals surface area contributed by atoms with E-state index in [4.69, 9.17) is 9.47 Å². The molecule has 2 aromatic carbocycles. The van der Waals surface area contributed by atoms with Crippen molar-refractivity contribution in [2.24, 2.45) is 0 Å². The van der Waals surface area contributed by atoms with Crippen molar-refractivity contribution in [2.75, 3.05) is 6.61 Å². The first-order valence-corrected chi connectivity index (χ1v) is 8.67. The van der Waals surface area contributed by atoms with E-state index in [0.717, 1.165) is 26.9 Å². The number of halogens is 1. The van der Waals surface area contributed by atoms with Crippen molar-refractivity contribution in [2.45, 2.75) is 40.0 Å². The number of benzene rings is 2. The number of carbonyl (C=O) groups excluding carboxylic acids is 1. The maximum Gasteiger partial charge on any atom is 0.349 e. The van der Waals surface area contributed by atoms with Gasteiger partial charge in [0, 0.05) is 10.0 Å². The van der Waals surface area contributed by atoms with Crippen molar-refractivity contribution in [3.05, 3.63) is 57.6 Å². The molecule has 128 valence electrons. The van der Waals surface area contributed by atoms with Crippen LogP contribution in [0, 0.1) is 13.8 Å². The van der Waals surface area contributed by atoms with E-state index < -0.39 is 5.97 Å². The Hall–Kier alpha value is -1.81. The van der Waals surface area contributed by atoms with Crippen LogP contribution >= 0.6 is 15.9 Å². The van der Waals surface area contributed by atoms with Crippen LogP contribution in [0.2, 0.25) is 0 Å². The summed E-state index contributed by atoms with van der Waals surface area (Å²) >= 11 is 3.45. The molecule has 0 atom stereocenters. The Morgan fingerprint density at radius 3 is 2.25 bits per heavy atom. The quantitative estimate of drug-likeness (QED) is 0.521. The number of esters is 1. The summed E-state index contributed by atoms with van der Waals surface area (Å²) in [4.78, 5) is 12.2. The number of para-hydroxylation sites is 1. The largest absolute Gasteiger partial charge is 0.481 e. The summed E-state index contributed by atoms with van der Waals surface area (Å²) in [5.41, 5.74) is 2.85. The fraction of sp³-hybridized carbons (Fsp3) is 0.350. The minimum Gasteiger partial charge on any atom is -0.481 e. The van der Waals surface area contributed by atoms with Crippen LogP contribution in [0.3, 0.4) is 0 Å². The van der Waals surface area contributed by atoms with E-state index in [1.807, 2.05) is 50.2 Å². The van der Waals surface area contributed by atoms with E-state index in [1.54, 1.807) is 0 Å². The lowest BCUT2D eigenvalue weighted by Crippen LogP contribution is -2.21. The van der Waals surface area contributed by atoms with Crippen LogP contribution in [0.1, 0.15) is 37.5 Å². The van der Waals surface area contributed by atoms with Gasteiger partial charge in [0.1, 0.15) is 11.5 Å². The molecule has 0 unspecified atom stereocenters. The molecule has 0 saturated heterocycles. The van der Waals surface area contributed by atoms with E-state index in [2.05, 4.69) is 36.7 Å². The van der Waals surface area contributed by atoms with Crippen LogP contribution in [0.25, 0.3) is 0 Å². The van der Waals surface area contributed by atoms with Crippen LogP contribution in [0.15, 0.2) is 40.9 Å². The van der Waals surface area contributed by atoms with Gasteiger partial charge in [0.05, 0.1) is 0 Å². The Labute approximate surface area is 152 Å². The van der Waals surface area contributed by atoms with Crippen LogP contribution in [-0.2, 0) is 10.2 Å². The number of rotatable bonds is 4. The third-order valence-corrected chi connectivity index (χ3v) is 4.14. The molecule has 3 nitrogen and oxygen atoms in total. The molecule has 2 rings (SSSR count). The molecular weight excluding hydrogens is 368 g/mol. The van der Waals surface area contributed by atoms with Gasteiger partial charge >= 0.3 is 5.97 Å². The zero-order valence-electron chi connectivity index (χ0n) is 14.8. The maximum absolute atomic E-state index is 12.2. The van der Waals surface area contributed by atoms with Crippen LogP contribution in [0.4, 0.5) is 0 Å². The predicted molar refractivity (Wildman–Crippen MR) is 99.9 cm³/mol. The number of hydrogen-bond acceptors (Lipinski definition) is 3. The second kappa shape index (κ2) is 7.39. The van der Waals surface area contributed by atoms with Crippen molar-refractivity contribution >= 4 is 21.9 Å². The summed E-state index contributed by atoms with van der Waals surface area (Å²) in [7, 11) is 0. The van der Waals surface area contributed by atoms with Gasteiger partial charge in [-0.15, -0.1) is 0 Å². The highest BCUT2D eigenvalue weighted by atomic mass is 79.9. The molecule has 2 aromatic rings. The molecule has 0 spiro atoms. The highest BCUT2D eigenvalue weighted by Gasteiger charge is 2.20. The Morgan fingerprint density at radius 1 is 1.08 bits per heavy atom. The van der Waals surface area contributed by atoms with Gasteiger partial charge in [-0.05, 0) is 48.6 Å². The first-order valence-electron chi connectivity index (χ1n) is 7.88. The minimum absolute atomic E-state index is 0.101. The summed E-state index contributed by atoms with van der Waals surface area (Å²) < 4.78 is 12.2. The van der Waals surface area contributed by atoms with Gasteiger partial charge in [-0.3, -0.25) is 0 Å². The lowest BCUT2D eigenvalue weighted by atomic mass is 9.86. The molecule has 4 heteroatoms. The second-order valence-corrected chi connectivity index (χ2v) is 7.79. The molecular formula is C20H23BrO3. The number of hydrogen-bond donors (Lipinski definition) is 0. The first-order chi connectivity index (χ1) is 11.2. The maximum atomic E-state index is 12.2. The van der Waals surface area contributed by atoms with Crippen molar-refractivity contribution in [1.82, 2.24) is 0 Å². The van der Waals surface area contributed by atoms with Crippen molar-refractivity contribution in [1.29, 1.82) is 0 Å². The summed E-state index contributed by atoms with van der Waals surface area (Å²) in [6.45, 7) is 10.0. The molecule has 0 saturated carbocycles. The molecule has 0 heterocycles. The van der Waals surface area contributed by atoms with Gasteiger partial charge < -0.3 is 9.47 Å². The zero-order valence-corrected chi connectivity index (χ0v) is 16.4. The average Bonchev–Trinajstić information content (AvgIpc) is 2.45. The molecule has 0 aliphatic rings. The fourth-order valence-corrected chi connectivity index (χ4v) is 3.27. The summed E-state index contributed by atoms with van der Waals surface area (Å²) in [5.74, 6) is 0.899. The van der Waals surface area contributed by atoms with Crippen molar-refractivity contribution in [3.63, 3.8) is 0 Å². The number of aryl methyl sites for hydroxylation is 2. The smallest absolute Gasteiger partial charge is 0.349 e. The van der Waals surface area contributed by atoms with E-state index >= 15 is 0 Å². The molecule has 0 amide bonds. The molecule has 24 heavy (non-hydrogen) atoms. The normalized spacial score (nSPS) is 11.2. The van der Waals surface area contributed by atoms with Gasteiger partial charge in [-0.2, -0.15) is 0 Å². The van der Waals surface area contributed by atoms with Gasteiger partial charge in [0.2, 0.25) is 0 Å². The summed E-state index contributed by atoms with van der Waals surface area (Å²) in [6, 6.07) is 11.5. The lowest BCUT2D eigenvalue weighted by molar-refractivity contribution is -0.136. The zero-order chi connectivity index (χ0) is 17.9. The monoisotopic (exact) mass is 390 g/mol. The van der Waals surface area contributed by atoms with Gasteiger partial charge in [-0.1, -0.05) is 54.9 Å². The topological polar surface area (TPSA) is 35.5 Å². The Kier molecular flexibility index (Phi) is 5.70. The van der Waals surface area contributed by atoms with Crippen LogP contribution in [-0.4, -0.2) is 12.6 Å². The van der Waals surface area contributed by atoms with E-state index in [9.17, 15) is 4.79 Å². The highest BCUT2D eigenvalue weighted by molar-refractivity contribution is 9.10. The predicted octanol–water partition coefficient (Wildman–Crippen LogP) is 5.35. The molecule has 0 radical (unpaired) electrons. The van der Waals surface area contributed by atoms with Gasteiger partial charge in [-0.25, -0.2) is 4.79 Å². The molecule has 0 N–H and O–H groups in total. The molecule has 0 bridgehead atoms. The molecule has 0 aromatic heterocycles. The highest BCUT2D eigenvalue weighted by Crippen LogP contribution is 2.31. The Morgan fingerprint density at radius 2 is 1.67 bits per heavy atom. The average molecular weight is 391 g/mol. The van der Waals surface area contributed by atoms with Crippen LogP contribution < -0.4 is 9.47 Å². The number of carbonyl (C=O) groups is 1. The Balaban J connectivity index is 2.08. The van der Waals surface area contributed by atoms with Crippen molar-refractivity contribution < 1.29 is 14.3 Å².